The Kier molecular flexibility index (Phi) is 10.9. The number of methoxy groups -OCH3 is 2. The Balaban J connectivity index is 2.93. The summed E-state index contributed by atoms with van der Waals surface area (Å²) in [6.07, 6.45) is -0.760. The lowest BCUT2D eigenvalue weighted by Crippen LogP contribution is -2.45. The van der Waals surface area contributed by atoms with Crippen LogP contribution in [0.5, 0.6) is 11.5 Å². The van der Waals surface area contributed by atoms with Crippen molar-refractivity contribution in [2.75, 3.05) is 31.9 Å². The second kappa shape index (κ2) is 12.6. The average Bonchev–Trinajstić information content (AvgIpc) is 2.69. The van der Waals surface area contributed by atoms with Crippen LogP contribution in [0.4, 0.5) is 10.5 Å². The molecule has 0 unspecified atom stereocenters. The van der Waals surface area contributed by atoms with Crippen molar-refractivity contribution in [3.63, 3.8) is 0 Å². The van der Waals surface area contributed by atoms with Crippen molar-refractivity contribution >= 4 is 45.4 Å². The zero-order valence-electron chi connectivity index (χ0n) is 18.1. The molecule has 31 heavy (non-hydrogen) atoms. The lowest BCUT2D eigenvalue weighted by Gasteiger charge is -2.22. The minimum atomic E-state index is -0.979. The first-order valence-corrected chi connectivity index (χ1v) is 11.5. The molecule has 1 aromatic carbocycles. The van der Waals surface area contributed by atoms with E-state index in [2.05, 4.69) is 21.2 Å². The zero-order valence-corrected chi connectivity index (χ0v) is 20.5. The third-order valence-electron chi connectivity index (χ3n) is 3.62. The molecule has 1 aromatic rings. The Labute approximate surface area is 193 Å². The number of carbonyl (C=O) groups excluding carboxylic acids is 2. The number of nitro benzene ring substituents is 1. The maximum Gasteiger partial charge on any atom is 0.408 e. The van der Waals surface area contributed by atoms with E-state index in [9.17, 15) is 19.7 Å². The Bertz CT molecular complexity index is 785. The maximum atomic E-state index is 12.0. The van der Waals surface area contributed by atoms with Crippen LogP contribution in [-0.2, 0) is 20.0 Å². The highest BCUT2D eigenvalue weighted by Gasteiger charge is 2.26. The van der Waals surface area contributed by atoms with E-state index < -0.39 is 28.6 Å². The van der Waals surface area contributed by atoms with Crippen LogP contribution in [0.15, 0.2) is 12.1 Å². The molecule has 0 saturated carbocycles. The van der Waals surface area contributed by atoms with E-state index in [1.165, 1.54) is 38.1 Å². The number of hydrogen-bond acceptors (Lipinski definition) is 9. The van der Waals surface area contributed by atoms with Crippen molar-refractivity contribution in [2.45, 2.75) is 38.2 Å². The van der Waals surface area contributed by atoms with Crippen molar-refractivity contribution in [3.05, 3.63) is 27.8 Å². The van der Waals surface area contributed by atoms with Gasteiger partial charge in [0.15, 0.2) is 11.5 Å². The van der Waals surface area contributed by atoms with Gasteiger partial charge in [0.1, 0.15) is 11.6 Å². The number of alkyl halides is 1. The number of alkyl carbamates (subject to hydrolysis) is 1. The van der Waals surface area contributed by atoms with E-state index in [0.717, 1.165) is 0 Å². The molecule has 0 radical (unpaired) electrons. The molecule has 1 N–H and O–H groups in total. The summed E-state index contributed by atoms with van der Waals surface area (Å²) in [5.41, 5.74) is -0.472. The highest BCUT2D eigenvalue weighted by Crippen LogP contribution is 2.36. The van der Waals surface area contributed by atoms with Gasteiger partial charge in [-0.25, -0.2) is 9.59 Å². The third kappa shape index (κ3) is 9.21. The Morgan fingerprint density at radius 3 is 2.45 bits per heavy atom. The average molecular weight is 523 g/mol. The molecule has 0 fully saturated rings. The minimum absolute atomic E-state index is 0.118. The van der Waals surface area contributed by atoms with Crippen LogP contribution in [0.2, 0.25) is 0 Å². The molecule has 0 aliphatic carbocycles. The van der Waals surface area contributed by atoms with Crippen LogP contribution in [0.3, 0.4) is 0 Å². The molecule has 1 atom stereocenters. The Morgan fingerprint density at radius 1 is 1.26 bits per heavy atom. The molecule has 174 valence electrons. The van der Waals surface area contributed by atoms with Crippen molar-refractivity contribution in [3.8, 4) is 11.5 Å². The number of esters is 1. The number of nitro groups is 1. The third-order valence-corrected chi connectivity index (χ3v) is 5.02. The summed E-state index contributed by atoms with van der Waals surface area (Å²) in [4.78, 5) is 35.0. The second-order valence-electron chi connectivity index (χ2n) is 7.16. The summed E-state index contributed by atoms with van der Waals surface area (Å²) in [7, 11) is 2.65. The molecule has 0 aliphatic rings. The van der Waals surface area contributed by atoms with Gasteiger partial charge in [-0.1, -0.05) is 15.9 Å². The zero-order chi connectivity index (χ0) is 23.6. The Hall–Kier alpha value is -2.21. The summed E-state index contributed by atoms with van der Waals surface area (Å²) in [5, 5.41) is 14.5. The van der Waals surface area contributed by atoms with Gasteiger partial charge in [0.05, 0.1) is 31.8 Å². The summed E-state index contributed by atoms with van der Waals surface area (Å²) in [6, 6.07) is 1.87. The molecule has 1 amide bonds. The number of carbonyl (C=O) groups is 2. The molecular formula is C19H27BrN2O8S. The van der Waals surface area contributed by atoms with Crippen LogP contribution < -0.4 is 14.8 Å². The molecule has 0 bridgehead atoms. The number of hydrogen-bond donors (Lipinski definition) is 1. The van der Waals surface area contributed by atoms with E-state index in [4.69, 9.17) is 18.9 Å². The topological polar surface area (TPSA) is 126 Å². The van der Waals surface area contributed by atoms with Crippen molar-refractivity contribution in [1.29, 1.82) is 0 Å². The fraction of sp³-hybridized carbons (Fsp3) is 0.579. The fourth-order valence-electron chi connectivity index (χ4n) is 2.35. The monoisotopic (exact) mass is 522 g/mol. The number of benzene rings is 1. The summed E-state index contributed by atoms with van der Waals surface area (Å²) in [6.45, 7) is 5.42. The van der Waals surface area contributed by atoms with Crippen molar-refractivity contribution in [2.24, 2.45) is 0 Å². The molecule has 1 rings (SSSR count). The lowest BCUT2D eigenvalue weighted by molar-refractivity contribution is -0.385. The van der Waals surface area contributed by atoms with E-state index in [1.807, 2.05) is 0 Å². The quantitative estimate of drug-likeness (QED) is 0.200. The number of nitrogens with one attached hydrogen (secondary N) is 1. The number of ether oxygens (including phenoxy) is 4. The van der Waals surface area contributed by atoms with Crippen LogP contribution in [0.25, 0.3) is 0 Å². The highest BCUT2D eigenvalue weighted by molar-refractivity contribution is 9.09. The summed E-state index contributed by atoms with van der Waals surface area (Å²) < 4.78 is 20.7. The fourth-order valence-corrected chi connectivity index (χ4v) is 3.53. The number of amides is 1. The second-order valence-corrected chi connectivity index (χ2v) is 8.99. The van der Waals surface area contributed by atoms with Gasteiger partial charge in [-0.2, -0.15) is 11.8 Å². The molecule has 0 aromatic heterocycles. The van der Waals surface area contributed by atoms with E-state index >= 15 is 0 Å². The standard InChI is InChI=1S/C19H27BrN2O8S/c1-19(2,3)30-18(24)21-13(17(23)28-5)11-31-10-12-8-15(27-4)16(29-7-6-20)9-14(12)22(25)26/h8-9,13H,6-7,10-11H2,1-5H3,(H,21,24)/t13-/m0/s1. The van der Waals surface area contributed by atoms with Gasteiger partial charge in [0.2, 0.25) is 0 Å². The largest absolute Gasteiger partial charge is 0.493 e. The SMILES string of the molecule is COC(=O)[C@H](CSCc1cc(OC)c(OCCBr)cc1[N+](=O)[O-])NC(=O)OC(C)(C)C. The molecule has 12 heteroatoms. The molecule has 0 heterocycles. The van der Waals surface area contributed by atoms with Crippen LogP contribution in [0, 0.1) is 10.1 Å². The number of rotatable bonds is 11. The van der Waals surface area contributed by atoms with Crippen LogP contribution >= 0.6 is 27.7 Å². The molecule has 0 spiro atoms. The van der Waals surface area contributed by atoms with Gasteiger partial charge in [0, 0.05) is 22.4 Å². The minimum Gasteiger partial charge on any atom is -0.493 e. The predicted octanol–water partition coefficient (Wildman–Crippen LogP) is 3.68. The van der Waals surface area contributed by atoms with Gasteiger partial charge in [-0.05, 0) is 26.8 Å². The first-order chi connectivity index (χ1) is 14.5. The van der Waals surface area contributed by atoms with Gasteiger partial charge < -0.3 is 24.3 Å². The lowest BCUT2D eigenvalue weighted by atomic mass is 10.2. The van der Waals surface area contributed by atoms with Gasteiger partial charge in [0.25, 0.3) is 5.69 Å². The summed E-state index contributed by atoms with van der Waals surface area (Å²) >= 11 is 4.45. The molecule has 10 nitrogen and oxygen atoms in total. The summed E-state index contributed by atoms with van der Waals surface area (Å²) in [5.74, 6) is 0.284. The first kappa shape index (κ1) is 26.8. The van der Waals surface area contributed by atoms with Crippen LogP contribution in [-0.4, -0.2) is 60.5 Å². The number of halogens is 1. The predicted molar refractivity (Wildman–Crippen MR) is 120 cm³/mol. The number of nitrogens with zero attached hydrogens (tertiary/aromatic N) is 1. The number of thioether (sulfide) groups is 1. The normalized spacial score (nSPS) is 11.9. The van der Waals surface area contributed by atoms with E-state index in [1.54, 1.807) is 20.8 Å². The van der Waals surface area contributed by atoms with Crippen LogP contribution in [0.1, 0.15) is 26.3 Å². The van der Waals surface area contributed by atoms with Gasteiger partial charge in [-0.15, -0.1) is 0 Å². The van der Waals surface area contributed by atoms with Gasteiger partial charge in [-0.3, -0.25) is 10.1 Å². The highest BCUT2D eigenvalue weighted by atomic mass is 79.9. The van der Waals surface area contributed by atoms with Gasteiger partial charge >= 0.3 is 12.1 Å². The van der Waals surface area contributed by atoms with Crippen molar-refractivity contribution < 1.29 is 33.5 Å². The van der Waals surface area contributed by atoms with Crippen molar-refractivity contribution in [1.82, 2.24) is 5.32 Å². The van der Waals surface area contributed by atoms with E-state index in [0.29, 0.717) is 23.2 Å². The van der Waals surface area contributed by atoms with E-state index in [-0.39, 0.29) is 22.9 Å². The molecule has 0 aliphatic heterocycles. The Morgan fingerprint density at radius 2 is 1.94 bits per heavy atom. The first-order valence-electron chi connectivity index (χ1n) is 9.21. The smallest absolute Gasteiger partial charge is 0.408 e. The maximum absolute atomic E-state index is 12.0. The molecular weight excluding hydrogens is 496 g/mol. The molecule has 0 saturated heterocycles.